The first kappa shape index (κ1) is 30.2. The van der Waals surface area contributed by atoms with Gasteiger partial charge in [-0.1, -0.05) is 60.1 Å². The summed E-state index contributed by atoms with van der Waals surface area (Å²) in [5.74, 6) is 0.878. The van der Waals surface area contributed by atoms with Gasteiger partial charge in [-0.15, -0.1) is 23.1 Å². The van der Waals surface area contributed by atoms with Gasteiger partial charge in [-0.05, 0) is 59.7 Å². The Hall–Kier alpha value is -4.31. The normalized spacial score (nSPS) is 11.4. The minimum Gasteiger partial charge on any atom is -0.493 e. The molecule has 0 radical (unpaired) electrons. The molecule has 2 N–H and O–H groups in total. The molecule has 0 spiro atoms. The van der Waals surface area contributed by atoms with Crippen LogP contribution >= 0.6 is 34.7 Å². The number of rotatable bonds is 11. The minimum absolute atomic E-state index is 0.143. The molecule has 0 aliphatic heterocycles. The van der Waals surface area contributed by atoms with Crippen LogP contribution in [0.25, 0.3) is 11.3 Å². The Labute approximate surface area is 263 Å². The monoisotopic (exact) mass is 629 g/mol. The number of thiazole rings is 1. The molecule has 0 bridgehead atoms. The Kier molecular flexibility index (Phi) is 9.99. The second-order valence-corrected chi connectivity index (χ2v) is 11.9. The summed E-state index contributed by atoms with van der Waals surface area (Å²) in [6.45, 7) is 0. The number of anilines is 2. The maximum atomic E-state index is 13.7. The maximum Gasteiger partial charge on any atom is 0.244 e. The smallest absolute Gasteiger partial charge is 0.244 e. The number of amides is 2. The van der Waals surface area contributed by atoms with E-state index in [0.717, 1.165) is 21.6 Å². The molecule has 0 saturated carbocycles. The number of thioether (sulfide) groups is 1. The van der Waals surface area contributed by atoms with Crippen LogP contribution in [0.3, 0.4) is 0 Å². The second-order valence-electron chi connectivity index (χ2n) is 9.38. The first-order valence-electron chi connectivity index (χ1n) is 13.3. The number of halogens is 1. The molecule has 0 fully saturated rings. The number of nitrogens with zero attached hydrogens (tertiary/aromatic N) is 1. The highest BCUT2D eigenvalue weighted by atomic mass is 35.5. The summed E-state index contributed by atoms with van der Waals surface area (Å²) in [4.78, 5) is 31.8. The van der Waals surface area contributed by atoms with Gasteiger partial charge in [0.2, 0.25) is 11.8 Å². The van der Waals surface area contributed by atoms with Crippen LogP contribution in [0, 0.1) is 0 Å². The lowest BCUT2D eigenvalue weighted by molar-refractivity contribution is -0.116. The van der Waals surface area contributed by atoms with Crippen molar-refractivity contribution in [2.75, 3.05) is 24.9 Å². The van der Waals surface area contributed by atoms with Gasteiger partial charge in [0.15, 0.2) is 16.6 Å². The van der Waals surface area contributed by atoms with Crippen molar-refractivity contribution in [3.8, 4) is 22.8 Å². The van der Waals surface area contributed by atoms with Crippen LogP contribution in [0.15, 0.2) is 107 Å². The van der Waals surface area contributed by atoms with Gasteiger partial charge < -0.3 is 20.1 Å². The molecule has 1 aromatic heterocycles. The van der Waals surface area contributed by atoms with Gasteiger partial charge >= 0.3 is 0 Å². The average molecular weight is 630 g/mol. The molecule has 5 aromatic rings. The standard InChI is InChI=1S/C33H28ClN3O4S2/c1-40-28-16-13-23(18-29(28)41-2)27-20-42-33(36-27)37-32(39)31(22-7-4-3-5-8-22)43-26-10-6-9-25(19-26)35-30(38)17-21-11-14-24(34)15-12-21/h3-16,18-20,31H,17H2,1-2H3,(H,35,38)(H,36,37,39). The van der Waals surface area contributed by atoms with Crippen LogP contribution in [0.1, 0.15) is 16.4 Å². The summed E-state index contributed by atoms with van der Waals surface area (Å²) in [5.41, 5.74) is 3.92. The summed E-state index contributed by atoms with van der Waals surface area (Å²) in [5, 5.41) is 8.38. The Morgan fingerprint density at radius 3 is 2.40 bits per heavy atom. The highest BCUT2D eigenvalue weighted by Gasteiger charge is 2.23. The van der Waals surface area contributed by atoms with Crippen molar-refractivity contribution in [3.63, 3.8) is 0 Å². The third kappa shape index (κ3) is 7.95. The number of nitrogens with one attached hydrogen (secondary N) is 2. The maximum absolute atomic E-state index is 13.7. The van der Waals surface area contributed by atoms with Crippen molar-refractivity contribution >= 4 is 57.3 Å². The Bertz CT molecular complexity index is 1710. The first-order valence-corrected chi connectivity index (χ1v) is 15.4. The zero-order valence-corrected chi connectivity index (χ0v) is 25.8. The van der Waals surface area contributed by atoms with Gasteiger partial charge in [-0.2, -0.15) is 0 Å². The molecule has 0 aliphatic rings. The van der Waals surface area contributed by atoms with E-state index in [4.69, 9.17) is 21.1 Å². The molecular formula is C33H28ClN3O4S2. The van der Waals surface area contributed by atoms with E-state index in [1.165, 1.54) is 23.1 Å². The number of aromatic nitrogens is 1. The van der Waals surface area contributed by atoms with Gasteiger partial charge in [0, 0.05) is 26.5 Å². The van der Waals surface area contributed by atoms with E-state index in [2.05, 4.69) is 15.6 Å². The summed E-state index contributed by atoms with van der Waals surface area (Å²) >= 11 is 8.70. The van der Waals surface area contributed by atoms with Gasteiger partial charge in [0.25, 0.3) is 0 Å². The van der Waals surface area contributed by atoms with Crippen molar-refractivity contribution < 1.29 is 19.1 Å². The van der Waals surface area contributed by atoms with E-state index in [1.807, 2.05) is 90.3 Å². The molecule has 4 aromatic carbocycles. The number of carbonyl (C=O) groups is 2. The second kappa shape index (κ2) is 14.2. The average Bonchev–Trinajstić information content (AvgIpc) is 3.49. The fourth-order valence-corrected chi connectivity index (χ4v) is 6.24. The predicted molar refractivity (Wildman–Crippen MR) is 175 cm³/mol. The SMILES string of the molecule is COc1ccc(-c2csc(NC(=O)C(Sc3cccc(NC(=O)Cc4ccc(Cl)cc4)c3)c3ccccc3)n2)cc1OC. The van der Waals surface area contributed by atoms with E-state index in [-0.39, 0.29) is 18.2 Å². The number of methoxy groups -OCH3 is 2. The van der Waals surface area contributed by atoms with Crippen LogP contribution in [0.5, 0.6) is 11.5 Å². The van der Waals surface area contributed by atoms with Crippen LogP contribution in [0.4, 0.5) is 10.8 Å². The lowest BCUT2D eigenvalue weighted by atomic mass is 10.1. The van der Waals surface area contributed by atoms with E-state index in [9.17, 15) is 9.59 Å². The fourth-order valence-electron chi connectivity index (χ4n) is 4.31. The summed E-state index contributed by atoms with van der Waals surface area (Å²) in [6, 6.07) is 29.8. The van der Waals surface area contributed by atoms with Crippen LogP contribution < -0.4 is 20.1 Å². The molecule has 1 atom stereocenters. The topological polar surface area (TPSA) is 89.6 Å². The van der Waals surface area contributed by atoms with E-state index < -0.39 is 5.25 Å². The number of hydrogen-bond donors (Lipinski definition) is 2. The molecule has 10 heteroatoms. The van der Waals surface area contributed by atoms with Gasteiger partial charge in [-0.3, -0.25) is 9.59 Å². The molecular weight excluding hydrogens is 602 g/mol. The third-order valence-electron chi connectivity index (χ3n) is 6.40. The highest BCUT2D eigenvalue weighted by Crippen LogP contribution is 2.38. The van der Waals surface area contributed by atoms with Crippen molar-refractivity contribution in [1.29, 1.82) is 0 Å². The molecule has 43 heavy (non-hydrogen) atoms. The summed E-state index contributed by atoms with van der Waals surface area (Å²) in [7, 11) is 3.17. The molecule has 0 saturated heterocycles. The van der Waals surface area contributed by atoms with Gasteiger partial charge in [-0.25, -0.2) is 4.98 Å². The Balaban J connectivity index is 1.30. The fraction of sp³-hybridized carbons (Fsp3) is 0.121. The first-order chi connectivity index (χ1) is 20.9. The Morgan fingerprint density at radius 1 is 0.884 bits per heavy atom. The summed E-state index contributed by atoms with van der Waals surface area (Å²) in [6.07, 6.45) is 0.225. The van der Waals surface area contributed by atoms with Crippen molar-refractivity contribution in [1.82, 2.24) is 4.98 Å². The molecule has 1 heterocycles. The highest BCUT2D eigenvalue weighted by molar-refractivity contribution is 8.00. The van der Waals surface area contributed by atoms with E-state index >= 15 is 0 Å². The molecule has 2 amide bonds. The molecule has 7 nitrogen and oxygen atoms in total. The zero-order valence-electron chi connectivity index (χ0n) is 23.4. The van der Waals surface area contributed by atoms with E-state index in [0.29, 0.717) is 33.0 Å². The van der Waals surface area contributed by atoms with Crippen molar-refractivity contribution in [2.24, 2.45) is 0 Å². The molecule has 5 rings (SSSR count). The predicted octanol–water partition coefficient (Wildman–Crippen LogP) is 8.13. The van der Waals surface area contributed by atoms with Crippen molar-refractivity contribution in [2.45, 2.75) is 16.6 Å². The third-order valence-corrected chi connectivity index (χ3v) is 8.66. The molecule has 218 valence electrons. The lowest BCUT2D eigenvalue weighted by Gasteiger charge is -2.17. The number of benzene rings is 4. The quantitative estimate of drug-likeness (QED) is 0.143. The molecule has 1 unspecified atom stereocenters. The van der Waals surface area contributed by atoms with Crippen LogP contribution in [-0.4, -0.2) is 31.0 Å². The van der Waals surface area contributed by atoms with Gasteiger partial charge in [0.1, 0.15) is 5.25 Å². The van der Waals surface area contributed by atoms with E-state index in [1.54, 1.807) is 26.4 Å². The molecule has 0 aliphatic carbocycles. The van der Waals surface area contributed by atoms with Gasteiger partial charge in [0.05, 0.1) is 26.3 Å². The minimum atomic E-state index is -0.561. The van der Waals surface area contributed by atoms with Crippen molar-refractivity contribution in [3.05, 3.63) is 119 Å². The largest absolute Gasteiger partial charge is 0.493 e. The Morgan fingerprint density at radius 2 is 1.65 bits per heavy atom. The van der Waals surface area contributed by atoms with Crippen LogP contribution in [-0.2, 0) is 16.0 Å². The lowest BCUT2D eigenvalue weighted by Crippen LogP contribution is -2.19. The summed E-state index contributed by atoms with van der Waals surface area (Å²) < 4.78 is 10.7. The van der Waals surface area contributed by atoms with Crippen LogP contribution in [0.2, 0.25) is 5.02 Å². The number of carbonyl (C=O) groups excluding carboxylic acids is 2. The number of hydrogen-bond acceptors (Lipinski definition) is 7. The number of ether oxygens (including phenoxy) is 2. The zero-order chi connectivity index (χ0) is 30.2.